The Morgan fingerprint density at radius 1 is 1.24 bits per heavy atom. The summed E-state index contributed by atoms with van der Waals surface area (Å²) in [6, 6.07) is 3.00. The number of nitrogens with zero attached hydrogens (tertiary/aromatic N) is 2. The zero-order chi connectivity index (χ0) is 24.7. The van der Waals surface area contributed by atoms with Gasteiger partial charge in [-0.25, -0.2) is 19.0 Å². The standard InChI is InChI=1S/C20H24BF3N4O4S/c1-10(30)18(9-29)32-20(33-13-4-12(21)5-27-6-13)17(31)8-28(26)7-16(25)11-2-14(22)19(24)15(23)3-11/h2-7,10,17-18,20,29-31H,8-9,25-26H2,1H3/b16-7-/t10?,17-,18?,20?/m0/s1. The van der Waals surface area contributed by atoms with Gasteiger partial charge in [0.2, 0.25) is 0 Å². The van der Waals surface area contributed by atoms with Crippen LogP contribution in [0.4, 0.5) is 13.2 Å². The molecule has 1 aromatic carbocycles. The Balaban J connectivity index is 2.18. The summed E-state index contributed by atoms with van der Waals surface area (Å²) >= 11 is 1.02. The molecule has 0 fully saturated rings. The molecule has 0 bridgehead atoms. The molecule has 0 aliphatic carbocycles. The number of hydrazine groups is 1. The number of nitrogens with two attached hydrogens (primary N) is 2. The zero-order valence-corrected chi connectivity index (χ0v) is 18.4. The van der Waals surface area contributed by atoms with Gasteiger partial charge in [-0.05, 0) is 19.1 Å². The normalized spacial score (nSPS) is 15.7. The topological polar surface area (TPSA) is 138 Å². The van der Waals surface area contributed by atoms with Crippen LogP contribution in [-0.2, 0) is 4.74 Å². The summed E-state index contributed by atoms with van der Waals surface area (Å²) in [7, 11) is 5.72. The minimum atomic E-state index is -1.63. The summed E-state index contributed by atoms with van der Waals surface area (Å²) in [6.07, 6.45) is 0.645. The molecule has 1 aromatic heterocycles. The highest BCUT2D eigenvalue weighted by Gasteiger charge is 2.28. The number of halogens is 3. The van der Waals surface area contributed by atoms with E-state index < -0.39 is 47.8 Å². The molecule has 8 nitrogen and oxygen atoms in total. The van der Waals surface area contributed by atoms with Crippen molar-refractivity contribution in [3.63, 3.8) is 0 Å². The van der Waals surface area contributed by atoms with Gasteiger partial charge < -0.3 is 30.8 Å². The fourth-order valence-corrected chi connectivity index (χ4v) is 3.68. The lowest BCUT2D eigenvalue weighted by atomic mass is 9.99. The van der Waals surface area contributed by atoms with Crippen LogP contribution < -0.4 is 17.0 Å². The average Bonchev–Trinajstić information content (AvgIpc) is 2.74. The van der Waals surface area contributed by atoms with E-state index >= 15 is 0 Å². The van der Waals surface area contributed by atoms with Crippen LogP contribution in [0.15, 0.2) is 41.7 Å². The van der Waals surface area contributed by atoms with Gasteiger partial charge in [-0.2, -0.15) is 0 Å². The third kappa shape index (κ3) is 7.91. The van der Waals surface area contributed by atoms with E-state index in [1.807, 2.05) is 0 Å². The van der Waals surface area contributed by atoms with Gasteiger partial charge in [-0.3, -0.25) is 4.98 Å². The van der Waals surface area contributed by atoms with Crippen molar-refractivity contribution in [3.05, 3.63) is 59.8 Å². The summed E-state index contributed by atoms with van der Waals surface area (Å²) in [5.41, 5.74) is 4.78. The van der Waals surface area contributed by atoms with E-state index in [1.54, 1.807) is 6.07 Å². The smallest absolute Gasteiger partial charge is 0.194 e. The molecule has 33 heavy (non-hydrogen) atoms. The predicted molar refractivity (Wildman–Crippen MR) is 118 cm³/mol. The summed E-state index contributed by atoms with van der Waals surface area (Å²) in [5, 5.41) is 30.9. The van der Waals surface area contributed by atoms with Crippen LogP contribution in [-0.4, -0.2) is 70.1 Å². The first-order valence-electron chi connectivity index (χ1n) is 9.65. The molecular formula is C20H24BF3N4O4S. The molecule has 3 unspecified atom stereocenters. The van der Waals surface area contributed by atoms with Gasteiger partial charge in [0.1, 0.15) is 25.5 Å². The number of aromatic nitrogens is 1. The quantitative estimate of drug-likeness (QED) is 0.0743. The van der Waals surface area contributed by atoms with Crippen molar-refractivity contribution in [1.82, 2.24) is 9.99 Å². The Kier molecular flexibility index (Phi) is 10.0. The SMILES string of the molecule is [B]c1cncc(SC(OC(CO)C(C)O)[C@@H](O)CN(N)/C=C(\N)c2cc(F)c(F)c(F)c2)c1. The van der Waals surface area contributed by atoms with Crippen LogP contribution in [0.3, 0.4) is 0 Å². The first-order valence-corrected chi connectivity index (χ1v) is 10.5. The number of rotatable bonds is 11. The van der Waals surface area contributed by atoms with E-state index in [0.717, 1.165) is 23.0 Å². The fraction of sp³-hybridized carbons (Fsp3) is 0.350. The predicted octanol–water partition coefficient (Wildman–Crippen LogP) is -0.0369. The Morgan fingerprint density at radius 2 is 1.88 bits per heavy atom. The third-order valence-corrected chi connectivity index (χ3v) is 5.50. The highest BCUT2D eigenvalue weighted by Crippen LogP contribution is 2.27. The molecule has 13 heteroatoms. The van der Waals surface area contributed by atoms with Gasteiger partial charge >= 0.3 is 0 Å². The number of thioether (sulfide) groups is 1. The molecule has 2 aromatic rings. The second kappa shape index (κ2) is 12.3. The molecule has 2 rings (SSSR count). The zero-order valence-electron chi connectivity index (χ0n) is 17.6. The molecule has 0 saturated carbocycles. The maximum Gasteiger partial charge on any atom is 0.194 e. The molecular weight excluding hydrogens is 460 g/mol. The highest BCUT2D eigenvalue weighted by atomic mass is 32.2. The average molecular weight is 484 g/mol. The van der Waals surface area contributed by atoms with Crippen molar-refractivity contribution < 1.29 is 33.2 Å². The highest BCUT2D eigenvalue weighted by molar-refractivity contribution is 7.99. The molecule has 2 radical (unpaired) electrons. The van der Waals surface area contributed by atoms with Gasteiger partial charge in [0.05, 0.1) is 25.0 Å². The molecule has 4 atom stereocenters. The molecule has 0 aliphatic heterocycles. The molecule has 0 amide bonds. The third-order valence-electron chi connectivity index (χ3n) is 4.35. The minimum Gasteiger partial charge on any atom is -0.397 e. The van der Waals surface area contributed by atoms with E-state index in [2.05, 4.69) is 4.98 Å². The molecule has 7 N–H and O–H groups in total. The number of pyridine rings is 1. The lowest BCUT2D eigenvalue weighted by Gasteiger charge is -2.30. The fourth-order valence-electron chi connectivity index (χ4n) is 2.64. The number of benzene rings is 1. The number of hydrogen-bond donors (Lipinski definition) is 5. The second-order valence-electron chi connectivity index (χ2n) is 7.14. The summed E-state index contributed by atoms with van der Waals surface area (Å²) < 4.78 is 45.7. The first kappa shape index (κ1) is 27.0. The van der Waals surface area contributed by atoms with Gasteiger partial charge in [-0.1, -0.05) is 23.3 Å². The summed E-state index contributed by atoms with van der Waals surface area (Å²) in [5.74, 6) is 1.39. The van der Waals surface area contributed by atoms with E-state index in [-0.39, 0.29) is 17.8 Å². The maximum atomic E-state index is 13.5. The van der Waals surface area contributed by atoms with Crippen LogP contribution in [0.2, 0.25) is 0 Å². The van der Waals surface area contributed by atoms with Crippen molar-refractivity contribution in [3.8, 4) is 0 Å². The van der Waals surface area contributed by atoms with E-state index in [4.69, 9.17) is 24.2 Å². The van der Waals surface area contributed by atoms with Crippen molar-refractivity contribution in [2.24, 2.45) is 11.6 Å². The van der Waals surface area contributed by atoms with Gasteiger partial charge in [-0.15, -0.1) is 0 Å². The lowest BCUT2D eigenvalue weighted by Crippen LogP contribution is -2.43. The van der Waals surface area contributed by atoms with E-state index in [9.17, 15) is 28.5 Å². The molecule has 0 aliphatic rings. The summed E-state index contributed by atoms with van der Waals surface area (Å²) in [4.78, 5) is 4.49. The van der Waals surface area contributed by atoms with Crippen LogP contribution in [0.25, 0.3) is 5.70 Å². The van der Waals surface area contributed by atoms with Crippen molar-refractivity contribution in [1.29, 1.82) is 0 Å². The molecule has 0 spiro atoms. The van der Waals surface area contributed by atoms with E-state index in [1.165, 1.54) is 19.3 Å². The Morgan fingerprint density at radius 3 is 2.42 bits per heavy atom. The monoisotopic (exact) mass is 484 g/mol. The molecule has 0 saturated heterocycles. The second-order valence-corrected chi connectivity index (χ2v) is 8.31. The van der Waals surface area contributed by atoms with Gasteiger partial charge in [0.15, 0.2) is 17.5 Å². The molecule has 178 valence electrons. The van der Waals surface area contributed by atoms with Crippen LogP contribution >= 0.6 is 11.8 Å². The Labute approximate surface area is 194 Å². The lowest BCUT2D eigenvalue weighted by molar-refractivity contribution is -0.0970. The van der Waals surface area contributed by atoms with Crippen LogP contribution in [0, 0.1) is 17.5 Å². The Bertz CT molecular complexity index is 950. The van der Waals surface area contributed by atoms with Crippen molar-refractivity contribution in [2.45, 2.75) is 35.6 Å². The van der Waals surface area contributed by atoms with E-state index in [0.29, 0.717) is 22.5 Å². The van der Waals surface area contributed by atoms with Crippen LogP contribution in [0.1, 0.15) is 12.5 Å². The van der Waals surface area contributed by atoms with Crippen molar-refractivity contribution >= 4 is 30.8 Å². The van der Waals surface area contributed by atoms with Gasteiger partial charge in [0, 0.05) is 29.1 Å². The van der Waals surface area contributed by atoms with Gasteiger partial charge in [0.25, 0.3) is 0 Å². The summed E-state index contributed by atoms with van der Waals surface area (Å²) in [6.45, 7) is 0.617. The van der Waals surface area contributed by atoms with Crippen molar-refractivity contribution in [2.75, 3.05) is 13.2 Å². The number of hydrogen-bond acceptors (Lipinski definition) is 9. The molecule has 1 heterocycles. The number of ether oxygens (including phenoxy) is 1. The first-order chi connectivity index (χ1) is 15.5. The number of aliphatic hydroxyl groups excluding tert-OH is 3. The number of aliphatic hydroxyl groups is 3. The maximum absolute atomic E-state index is 13.5. The Hall–Kier alpha value is -2.29. The van der Waals surface area contributed by atoms with Crippen LogP contribution in [0.5, 0.6) is 0 Å². The largest absolute Gasteiger partial charge is 0.397 e. The minimum absolute atomic E-state index is 0.154.